The lowest BCUT2D eigenvalue weighted by Gasteiger charge is -2.28. The molecule has 0 bridgehead atoms. The third kappa shape index (κ3) is 22.6. The van der Waals surface area contributed by atoms with E-state index < -0.39 is 78.1 Å². The van der Waals surface area contributed by atoms with Crippen molar-refractivity contribution in [2.75, 3.05) is 99.4 Å². The summed E-state index contributed by atoms with van der Waals surface area (Å²) in [6.07, 6.45) is 0. The summed E-state index contributed by atoms with van der Waals surface area (Å²) in [4.78, 5) is 80.5. The number of phosphoric acid groups is 2. The molecule has 0 fully saturated rings. The van der Waals surface area contributed by atoms with E-state index in [9.17, 15) is 48.4 Å². The molecule has 0 heterocycles. The largest absolute Gasteiger partial charge is 0.480 e. The molecule has 0 aliphatic heterocycles. The molecule has 0 saturated heterocycles. The Hall–Kier alpha value is -2.55. The van der Waals surface area contributed by atoms with Crippen molar-refractivity contribution >= 4 is 45.4 Å². The summed E-state index contributed by atoms with van der Waals surface area (Å²) < 4.78 is 40.1. The number of carbonyl (C=O) groups is 5. The maximum absolute atomic E-state index is 12.2. The highest BCUT2D eigenvalue weighted by Crippen LogP contribution is 2.41. The van der Waals surface area contributed by atoms with Gasteiger partial charge in [0.25, 0.3) is 0 Å². The summed E-state index contributed by atoms with van der Waals surface area (Å²) >= 11 is 0. The summed E-state index contributed by atoms with van der Waals surface area (Å²) in [5.41, 5.74) is 0. The second-order valence-corrected chi connectivity index (χ2v) is 11.7. The molecule has 0 rings (SSSR count). The van der Waals surface area contributed by atoms with Crippen LogP contribution < -0.4 is 10.6 Å². The molecule has 0 aliphatic rings. The number of amides is 2. The maximum atomic E-state index is 12.2. The SMILES string of the molecule is COP(=O)(O)OCCNC(=O)CN(CCN(CCN(CC(=O)O)CC(=O)NCCOP(=O)(O)OC)CC(=O)O)CC(=O)O. The molecule has 0 aromatic carbocycles. The zero-order chi connectivity index (χ0) is 33.1. The van der Waals surface area contributed by atoms with Crippen molar-refractivity contribution in [3.05, 3.63) is 0 Å². The normalized spacial score (nSPS) is 14.3. The van der Waals surface area contributed by atoms with Gasteiger partial charge in [-0.1, -0.05) is 0 Å². The van der Waals surface area contributed by atoms with E-state index in [1.54, 1.807) is 0 Å². The molecule has 43 heavy (non-hydrogen) atoms. The van der Waals surface area contributed by atoms with Gasteiger partial charge in [-0.15, -0.1) is 0 Å². The summed E-state index contributed by atoms with van der Waals surface area (Å²) in [7, 11) is -6.55. The van der Waals surface area contributed by atoms with Crippen LogP contribution in [0.2, 0.25) is 0 Å². The third-order valence-electron chi connectivity index (χ3n) is 5.09. The van der Waals surface area contributed by atoms with Gasteiger partial charge in [-0.25, -0.2) is 9.13 Å². The molecule has 21 nitrogen and oxygen atoms in total. The minimum absolute atomic E-state index is 0.0529. The van der Waals surface area contributed by atoms with Crippen molar-refractivity contribution < 1.29 is 76.3 Å². The highest BCUT2D eigenvalue weighted by Gasteiger charge is 2.21. The zero-order valence-electron chi connectivity index (χ0n) is 23.7. The molecular weight excluding hydrogens is 628 g/mol. The quantitative estimate of drug-likeness (QED) is 0.0355. The van der Waals surface area contributed by atoms with Crippen LogP contribution in [-0.2, 0) is 51.2 Å². The Morgan fingerprint density at radius 3 is 1.19 bits per heavy atom. The fourth-order valence-electron chi connectivity index (χ4n) is 3.16. The van der Waals surface area contributed by atoms with E-state index in [1.165, 1.54) is 14.7 Å². The first-order valence-electron chi connectivity index (χ1n) is 12.4. The van der Waals surface area contributed by atoms with Gasteiger partial charge in [0.05, 0.1) is 45.9 Å². The predicted molar refractivity (Wildman–Crippen MR) is 144 cm³/mol. The van der Waals surface area contributed by atoms with Crippen LogP contribution in [0.3, 0.4) is 0 Å². The van der Waals surface area contributed by atoms with Gasteiger partial charge in [0.2, 0.25) is 11.8 Å². The fraction of sp³-hybridized carbons (Fsp3) is 0.750. The topological polar surface area (TPSA) is 291 Å². The Balaban J connectivity index is 5.05. The molecule has 2 atom stereocenters. The monoisotopic (exact) mass is 667 g/mol. The average Bonchev–Trinajstić information content (AvgIpc) is 2.89. The molecule has 0 saturated carbocycles. The van der Waals surface area contributed by atoms with E-state index in [2.05, 4.69) is 28.7 Å². The number of hydrogen-bond donors (Lipinski definition) is 7. The van der Waals surface area contributed by atoms with Crippen LogP contribution in [0, 0.1) is 0 Å². The number of phosphoric ester groups is 2. The maximum Gasteiger partial charge on any atom is 0.471 e. The van der Waals surface area contributed by atoms with Crippen LogP contribution in [0.4, 0.5) is 0 Å². The second-order valence-electron chi connectivity index (χ2n) is 8.55. The average molecular weight is 667 g/mol. The molecular formula is C20H39N5O16P2. The van der Waals surface area contributed by atoms with Crippen LogP contribution in [0.25, 0.3) is 0 Å². The predicted octanol–water partition coefficient (Wildman–Crippen LogP) is -3.09. The molecule has 2 amide bonds. The number of nitrogens with zero attached hydrogens (tertiary/aromatic N) is 3. The van der Waals surface area contributed by atoms with Crippen molar-refractivity contribution in [3.63, 3.8) is 0 Å². The lowest BCUT2D eigenvalue weighted by Crippen LogP contribution is -2.47. The molecule has 0 aliphatic carbocycles. The van der Waals surface area contributed by atoms with E-state index in [1.807, 2.05) is 0 Å². The first-order valence-corrected chi connectivity index (χ1v) is 15.4. The first kappa shape index (κ1) is 40.5. The number of carboxylic acid groups (broad SMARTS) is 3. The highest BCUT2D eigenvalue weighted by molar-refractivity contribution is 7.47. The minimum atomic E-state index is -4.23. The summed E-state index contributed by atoms with van der Waals surface area (Å²) in [5, 5.41) is 32.4. The van der Waals surface area contributed by atoms with Crippen molar-refractivity contribution in [1.82, 2.24) is 25.3 Å². The Labute approximate surface area is 246 Å². The van der Waals surface area contributed by atoms with Crippen LogP contribution in [0.1, 0.15) is 0 Å². The Kier molecular flexibility index (Phi) is 19.9. The van der Waals surface area contributed by atoms with Gasteiger partial charge in [0.1, 0.15) is 0 Å². The second kappa shape index (κ2) is 21.2. The smallest absolute Gasteiger partial charge is 0.471 e. The van der Waals surface area contributed by atoms with Crippen LogP contribution in [-0.4, -0.2) is 169 Å². The van der Waals surface area contributed by atoms with Crippen LogP contribution >= 0.6 is 15.6 Å². The minimum Gasteiger partial charge on any atom is -0.480 e. The third-order valence-corrected chi connectivity index (χ3v) is 7.04. The van der Waals surface area contributed by atoms with Gasteiger partial charge in [-0.05, 0) is 0 Å². The Morgan fingerprint density at radius 2 is 0.884 bits per heavy atom. The van der Waals surface area contributed by atoms with Crippen molar-refractivity contribution in [2.24, 2.45) is 0 Å². The van der Waals surface area contributed by atoms with E-state index in [0.717, 1.165) is 14.2 Å². The Morgan fingerprint density at radius 1 is 0.581 bits per heavy atom. The molecule has 23 heteroatoms. The molecule has 0 spiro atoms. The van der Waals surface area contributed by atoms with Gasteiger partial charge < -0.3 is 35.7 Å². The van der Waals surface area contributed by atoms with Gasteiger partial charge in [-0.2, -0.15) is 0 Å². The first-order chi connectivity index (χ1) is 20.0. The Bertz CT molecular complexity index is 948. The van der Waals surface area contributed by atoms with Gasteiger partial charge in [-0.3, -0.25) is 56.8 Å². The van der Waals surface area contributed by atoms with Crippen LogP contribution in [0.15, 0.2) is 0 Å². The number of nitrogens with one attached hydrogen (secondary N) is 2. The molecule has 0 radical (unpaired) electrons. The van der Waals surface area contributed by atoms with Crippen molar-refractivity contribution in [3.8, 4) is 0 Å². The summed E-state index contributed by atoms with van der Waals surface area (Å²) in [6.45, 7) is -3.89. The van der Waals surface area contributed by atoms with Crippen LogP contribution in [0.5, 0.6) is 0 Å². The number of aliphatic carboxylic acids is 3. The van der Waals surface area contributed by atoms with Crippen molar-refractivity contribution in [1.29, 1.82) is 0 Å². The zero-order valence-corrected chi connectivity index (χ0v) is 25.4. The molecule has 7 N–H and O–H groups in total. The van der Waals surface area contributed by atoms with E-state index in [0.29, 0.717) is 0 Å². The standard InChI is InChI=1S/C20H39N5O16P2/c1-38-42(34,35)40-9-3-21-16(26)11-24(14-19(30)31)7-5-23(13-18(28)29)6-8-25(15-20(32)33)12-17(27)22-4-10-41-43(36,37)39-2/h3-15H2,1-2H3,(H,21,26)(H,22,27)(H,28,29)(H,30,31)(H,32,33)(H,34,35)(H,36,37). The lowest BCUT2D eigenvalue weighted by atomic mass is 10.3. The van der Waals surface area contributed by atoms with Crippen molar-refractivity contribution in [2.45, 2.75) is 0 Å². The van der Waals surface area contributed by atoms with Gasteiger partial charge in [0, 0.05) is 53.5 Å². The van der Waals surface area contributed by atoms with E-state index in [-0.39, 0.29) is 52.5 Å². The number of carboxylic acids is 3. The molecule has 0 aromatic rings. The van der Waals surface area contributed by atoms with E-state index >= 15 is 0 Å². The number of hydrogen-bond acceptors (Lipinski definition) is 14. The molecule has 2 unspecified atom stereocenters. The summed E-state index contributed by atoms with van der Waals surface area (Å²) in [6, 6.07) is 0. The molecule has 250 valence electrons. The fourth-order valence-corrected chi connectivity index (χ4v) is 4.02. The number of carbonyl (C=O) groups excluding carboxylic acids is 2. The molecule has 0 aromatic heterocycles. The lowest BCUT2D eigenvalue weighted by molar-refractivity contribution is -0.141. The highest BCUT2D eigenvalue weighted by atomic mass is 31.2. The van der Waals surface area contributed by atoms with Gasteiger partial charge >= 0.3 is 33.6 Å². The van der Waals surface area contributed by atoms with Gasteiger partial charge in [0.15, 0.2) is 0 Å². The van der Waals surface area contributed by atoms with E-state index in [4.69, 9.17) is 9.79 Å². The summed E-state index contributed by atoms with van der Waals surface area (Å²) in [5.74, 6) is -5.06. The number of rotatable bonds is 26.